The zero-order valence-corrected chi connectivity index (χ0v) is 11.8. The number of aliphatic hydroxyl groups is 1. The Kier molecular flexibility index (Phi) is 6.63. The average Bonchev–Trinajstić information content (AvgIpc) is 2.33. The van der Waals surface area contributed by atoms with Gasteiger partial charge in [-0.25, -0.2) is 0 Å². The second kappa shape index (κ2) is 7.75. The lowest BCUT2D eigenvalue weighted by molar-refractivity contribution is 0.150. The van der Waals surface area contributed by atoms with Gasteiger partial charge in [0.25, 0.3) is 0 Å². The maximum Gasteiger partial charge on any atom is 0.0802 e. The van der Waals surface area contributed by atoms with E-state index in [-0.39, 0.29) is 6.10 Å². The minimum Gasteiger partial charge on any atom is -0.388 e. The van der Waals surface area contributed by atoms with Crippen LogP contribution in [0, 0.1) is 6.92 Å². The number of thioether (sulfide) groups is 1. The second-order valence-corrected chi connectivity index (χ2v) is 5.50. The topological polar surface area (TPSA) is 23.5 Å². The lowest BCUT2D eigenvalue weighted by atomic mass is 10.0. The summed E-state index contributed by atoms with van der Waals surface area (Å²) >= 11 is 1.86. The Hall–Kier alpha value is -0.510. The van der Waals surface area contributed by atoms with Crippen LogP contribution in [0.4, 0.5) is 0 Å². The normalized spacial score (nSPS) is 13.0. The first kappa shape index (κ1) is 14.6. The fourth-order valence-electron chi connectivity index (χ4n) is 1.75. The molecule has 96 valence electrons. The van der Waals surface area contributed by atoms with Crippen molar-refractivity contribution < 1.29 is 5.11 Å². The summed E-state index contributed by atoms with van der Waals surface area (Å²) in [6.07, 6.45) is 2.58. The van der Waals surface area contributed by atoms with E-state index >= 15 is 0 Å². The first-order valence-electron chi connectivity index (χ1n) is 6.05. The molecule has 0 radical (unpaired) electrons. The molecule has 0 aliphatic carbocycles. The minimum absolute atomic E-state index is 0.341. The smallest absolute Gasteiger partial charge is 0.0802 e. The van der Waals surface area contributed by atoms with Crippen LogP contribution in [0.15, 0.2) is 24.3 Å². The van der Waals surface area contributed by atoms with Crippen LogP contribution < -0.4 is 0 Å². The molecule has 0 aliphatic rings. The highest BCUT2D eigenvalue weighted by Crippen LogP contribution is 2.17. The standard InChI is InChI=1S/C14H23NOS/c1-12-5-4-6-13(11-12)14(16)7-8-15(2)9-10-17-3/h4-6,11,14,16H,7-10H2,1-3H3. The molecule has 0 heterocycles. The summed E-state index contributed by atoms with van der Waals surface area (Å²) in [5.41, 5.74) is 2.24. The van der Waals surface area contributed by atoms with Gasteiger partial charge in [-0.3, -0.25) is 0 Å². The maximum absolute atomic E-state index is 10.1. The number of nitrogens with zero attached hydrogens (tertiary/aromatic N) is 1. The minimum atomic E-state index is -0.341. The van der Waals surface area contributed by atoms with E-state index in [4.69, 9.17) is 0 Å². The van der Waals surface area contributed by atoms with E-state index in [9.17, 15) is 5.11 Å². The van der Waals surface area contributed by atoms with Crippen LogP contribution in [-0.2, 0) is 0 Å². The van der Waals surface area contributed by atoms with Crippen molar-refractivity contribution in [3.8, 4) is 0 Å². The van der Waals surface area contributed by atoms with Crippen molar-refractivity contribution >= 4 is 11.8 Å². The van der Waals surface area contributed by atoms with Crippen LogP contribution >= 0.6 is 11.8 Å². The molecule has 0 aromatic heterocycles. The molecule has 1 aromatic carbocycles. The predicted molar refractivity (Wildman–Crippen MR) is 76.6 cm³/mol. The van der Waals surface area contributed by atoms with E-state index < -0.39 is 0 Å². The first-order chi connectivity index (χ1) is 8.13. The molecule has 1 aromatic rings. The lowest BCUT2D eigenvalue weighted by Gasteiger charge is -2.18. The van der Waals surface area contributed by atoms with Gasteiger partial charge in [0.2, 0.25) is 0 Å². The summed E-state index contributed by atoms with van der Waals surface area (Å²) in [4.78, 5) is 2.27. The zero-order chi connectivity index (χ0) is 12.7. The highest BCUT2D eigenvalue weighted by molar-refractivity contribution is 7.98. The maximum atomic E-state index is 10.1. The number of aryl methyl sites for hydroxylation is 1. The van der Waals surface area contributed by atoms with E-state index in [1.807, 2.05) is 23.9 Å². The Morgan fingerprint density at radius 3 is 2.76 bits per heavy atom. The summed E-state index contributed by atoms with van der Waals surface area (Å²) in [5, 5.41) is 10.1. The Balaban J connectivity index is 2.36. The molecule has 0 bridgehead atoms. The Bertz CT molecular complexity index is 330. The van der Waals surface area contributed by atoms with Gasteiger partial charge in [0.1, 0.15) is 0 Å². The number of hydrogen-bond donors (Lipinski definition) is 1. The molecule has 0 saturated carbocycles. The Morgan fingerprint density at radius 1 is 1.35 bits per heavy atom. The van der Waals surface area contributed by atoms with Crippen LogP contribution in [0.1, 0.15) is 23.7 Å². The zero-order valence-electron chi connectivity index (χ0n) is 11.0. The molecule has 3 heteroatoms. The number of hydrogen-bond acceptors (Lipinski definition) is 3. The quantitative estimate of drug-likeness (QED) is 0.808. The van der Waals surface area contributed by atoms with Gasteiger partial charge in [0, 0.05) is 18.8 Å². The van der Waals surface area contributed by atoms with Crippen molar-refractivity contribution in [3.05, 3.63) is 35.4 Å². The summed E-state index contributed by atoms with van der Waals surface area (Å²) < 4.78 is 0. The summed E-state index contributed by atoms with van der Waals surface area (Å²) in [6, 6.07) is 8.12. The fourth-order valence-corrected chi connectivity index (χ4v) is 2.24. The largest absolute Gasteiger partial charge is 0.388 e. The first-order valence-corrected chi connectivity index (χ1v) is 7.45. The molecule has 0 fully saturated rings. The second-order valence-electron chi connectivity index (χ2n) is 4.51. The molecule has 17 heavy (non-hydrogen) atoms. The van der Waals surface area contributed by atoms with Crippen LogP contribution in [-0.4, -0.2) is 42.2 Å². The molecule has 0 spiro atoms. The third-order valence-electron chi connectivity index (χ3n) is 2.89. The Morgan fingerprint density at radius 2 is 2.12 bits per heavy atom. The van der Waals surface area contributed by atoms with Gasteiger partial charge in [-0.2, -0.15) is 11.8 Å². The van der Waals surface area contributed by atoms with Crippen molar-refractivity contribution in [1.82, 2.24) is 4.90 Å². The third-order valence-corrected chi connectivity index (χ3v) is 3.48. The van der Waals surface area contributed by atoms with Crippen molar-refractivity contribution in [2.45, 2.75) is 19.4 Å². The fraction of sp³-hybridized carbons (Fsp3) is 0.571. The number of benzene rings is 1. The van der Waals surface area contributed by atoms with Crippen LogP contribution in [0.25, 0.3) is 0 Å². The van der Waals surface area contributed by atoms with E-state index in [0.29, 0.717) is 0 Å². The van der Waals surface area contributed by atoms with Gasteiger partial charge in [-0.05, 0) is 32.2 Å². The molecule has 1 unspecified atom stereocenters. The monoisotopic (exact) mass is 253 g/mol. The predicted octanol–water partition coefficient (Wildman–Crippen LogP) is 2.71. The summed E-state index contributed by atoms with van der Waals surface area (Å²) in [7, 11) is 2.11. The van der Waals surface area contributed by atoms with Gasteiger partial charge < -0.3 is 10.0 Å². The molecular formula is C14H23NOS. The SMILES string of the molecule is CSCCN(C)CCC(O)c1cccc(C)c1. The lowest BCUT2D eigenvalue weighted by Crippen LogP contribution is -2.23. The van der Waals surface area contributed by atoms with Crippen LogP contribution in [0.5, 0.6) is 0 Å². The van der Waals surface area contributed by atoms with Gasteiger partial charge in [0.15, 0.2) is 0 Å². The molecule has 2 nitrogen and oxygen atoms in total. The number of aliphatic hydroxyl groups excluding tert-OH is 1. The summed E-state index contributed by atoms with van der Waals surface area (Å²) in [6.45, 7) is 4.08. The Labute approximate surface area is 109 Å². The molecular weight excluding hydrogens is 230 g/mol. The molecule has 0 saturated heterocycles. The van der Waals surface area contributed by atoms with Crippen molar-refractivity contribution in [2.75, 3.05) is 32.1 Å². The molecule has 0 aliphatic heterocycles. The van der Waals surface area contributed by atoms with Crippen molar-refractivity contribution in [1.29, 1.82) is 0 Å². The average molecular weight is 253 g/mol. The molecule has 1 rings (SSSR count). The molecule has 0 amide bonds. The molecule has 1 N–H and O–H groups in total. The van der Waals surface area contributed by atoms with E-state index in [2.05, 4.69) is 37.3 Å². The van der Waals surface area contributed by atoms with E-state index in [1.165, 1.54) is 5.56 Å². The van der Waals surface area contributed by atoms with Gasteiger partial charge in [-0.15, -0.1) is 0 Å². The van der Waals surface area contributed by atoms with Crippen LogP contribution in [0.2, 0.25) is 0 Å². The van der Waals surface area contributed by atoms with Crippen molar-refractivity contribution in [3.63, 3.8) is 0 Å². The van der Waals surface area contributed by atoms with Gasteiger partial charge in [-0.1, -0.05) is 29.8 Å². The number of rotatable bonds is 7. The van der Waals surface area contributed by atoms with E-state index in [1.54, 1.807) is 0 Å². The van der Waals surface area contributed by atoms with Gasteiger partial charge in [0.05, 0.1) is 6.10 Å². The van der Waals surface area contributed by atoms with E-state index in [0.717, 1.165) is 30.8 Å². The summed E-state index contributed by atoms with van der Waals surface area (Å²) in [5.74, 6) is 1.15. The van der Waals surface area contributed by atoms with Crippen LogP contribution in [0.3, 0.4) is 0 Å². The van der Waals surface area contributed by atoms with Gasteiger partial charge >= 0.3 is 0 Å². The third kappa shape index (κ3) is 5.57. The molecule has 1 atom stereocenters. The highest BCUT2D eigenvalue weighted by Gasteiger charge is 2.08. The van der Waals surface area contributed by atoms with Crippen molar-refractivity contribution in [2.24, 2.45) is 0 Å². The highest BCUT2D eigenvalue weighted by atomic mass is 32.2.